The monoisotopic (exact) mass is 439 g/mol. The molecule has 2 aliphatic rings. The maximum Gasteiger partial charge on any atom is 0.359 e. The van der Waals surface area contributed by atoms with Gasteiger partial charge in [0.05, 0.1) is 17.2 Å². The zero-order chi connectivity index (χ0) is 22.2. The standard InChI is InChI=1S/C22H18FN3O6/c23-15-4-6-16(7-5-15)25-19-3-1-2-18(19)20(24-25)22(27)31-11-14-9-17(26(28)29)8-13-10-30-12-32-21(13)14/h4-9H,1-3,10-12H2. The van der Waals surface area contributed by atoms with E-state index >= 15 is 0 Å². The third-order valence-electron chi connectivity index (χ3n) is 5.54. The van der Waals surface area contributed by atoms with E-state index in [0.717, 1.165) is 24.1 Å². The van der Waals surface area contributed by atoms with Crippen LogP contribution in [0, 0.1) is 15.9 Å². The molecule has 0 radical (unpaired) electrons. The molecular weight excluding hydrogens is 421 g/mol. The number of esters is 1. The van der Waals surface area contributed by atoms with Crippen LogP contribution in [0.25, 0.3) is 5.69 Å². The number of halogens is 1. The molecule has 0 unspecified atom stereocenters. The van der Waals surface area contributed by atoms with Crippen molar-refractivity contribution in [1.29, 1.82) is 0 Å². The molecule has 2 aromatic carbocycles. The molecule has 0 bridgehead atoms. The highest BCUT2D eigenvalue weighted by molar-refractivity contribution is 5.89. The molecule has 1 aliphatic heterocycles. The van der Waals surface area contributed by atoms with Crippen molar-refractivity contribution in [2.75, 3.05) is 6.79 Å². The number of rotatable bonds is 5. The zero-order valence-electron chi connectivity index (χ0n) is 16.9. The second-order valence-corrected chi connectivity index (χ2v) is 7.55. The highest BCUT2D eigenvalue weighted by Gasteiger charge is 2.29. The van der Waals surface area contributed by atoms with Crippen LogP contribution in [0.15, 0.2) is 36.4 Å². The number of benzene rings is 2. The summed E-state index contributed by atoms with van der Waals surface area (Å²) in [7, 11) is 0. The van der Waals surface area contributed by atoms with E-state index in [0.29, 0.717) is 29.0 Å². The number of nitro groups is 1. The van der Waals surface area contributed by atoms with Gasteiger partial charge < -0.3 is 14.2 Å². The van der Waals surface area contributed by atoms with Crippen molar-refractivity contribution in [3.05, 3.63) is 80.4 Å². The van der Waals surface area contributed by atoms with Crippen LogP contribution in [-0.4, -0.2) is 27.5 Å². The van der Waals surface area contributed by atoms with Gasteiger partial charge in [-0.1, -0.05) is 0 Å². The topological polar surface area (TPSA) is 106 Å². The molecule has 0 atom stereocenters. The van der Waals surface area contributed by atoms with Gasteiger partial charge in [-0.3, -0.25) is 10.1 Å². The maximum absolute atomic E-state index is 13.3. The third kappa shape index (κ3) is 3.58. The van der Waals surface area contributed by atoms with Gasteiger partial charge in [-0.05, 0) is 43.5 Å². The number of ether oxygens (including phenoxy) is 3. The van der Waals surface area contributed by atoms with Crippen LogP contribution in [-0.2, 0) is 35.5 Å². The van der Waals surface area contributed by atoms with E-state index in [4.69, 9.17) is 14.2 Å². The van der Waals surface area contributed by atoms with Gasteiger partial charge in [-0.2, -0.15) is 5.10 Å². The van der Waals surface area contributed by atoms with Crippen LogP contribution in [0.3, 0.4) is 0 Å². The Morgan fingerprint density at radius 2 is 2.06 bits per heavy atom. The number of carbonyl (C=O) groups is 1. The summed E-state index contributed by atoms with van der Waals surface area (Å²) in [5.74, 6) is -0.557. The molecule has 0 saturated heterocycles. The number of carbonyl (C=O) groups excluding carboxylic acids is 1. The first-order valence-electron chi connectivity index (χ1n) is 10.1. The quantitative estimate of drug-likeness (QED) is 0.340. The van der Waals surface area contributed by atoms with E-state index in [1.807, 2.05) is 0 Å². The van der Waals surface area contributed by atoms with Crippen LogP contribution in [0.4, 0.5) is 10.1 Å². The van der Waals surface area contributed by atoms with Crippen LogP contribution in [0.2, 0.25) is 0 Å². The lowest BCUT2D eigenvalue weighted by molar-refractivity contribution is -0.385. The predicted octanol–water partition coefficient (Wildman–Crippen LogP) is 3.63. The summed E-state index contributed by atoms with van der Waals surface area (Å²) in [5.41, 5.74) is 3.35. The van der Waals surface area contributed by atoms with Crippen LogP contribution in [0.1, 0.15) is 39.3 Å². The first-order valence-corrected chi connectivity index (χ1v) is 10.1. The molecule has 3 aromatic rings. The lowest BCUT2D eigenvalue weighted by atomic mass is 10.1. The van der Waals surface area contributed by atoms with Gasteiger partial charge in [0.1, 0.15) is 18.2 Å². The van der Waals surface area contributed by atoms with Gasteiger partial charge in [0.25, 0.3) is 5.69 Å². The molecule has 0 fully saturated rings. The Labute approximate surface area is 181 Å². The number of hydrogen-bond acceptors (Lipinski definition) is 7. The first kappa shape index (κ1) is 20.1. The Morgan fingerprint density at radius 3 is 2.84 bits per heavy atom. The van der Waals surface area contributed by atoms with Gasteiger partial charge >= 0.3 is 5.97 Å². The fraction of sp³-hybridized carbons (Fsp3) is 0.273. The van der Waals surface area contributed by atoms with Crippen molar-refractivity contribution in [2.24, 2.45) is 0 Å². The number of non-ortho nitro benzene ring substituents is 1. The number of nitro benzene ring substituents is 1. The number of fused-ring (bicyclic) bond motifs is 2. The van der Waals surface area contributed by atoms with E-state index in [-0.39, 0.29) is 37.2 Å². The molecule has 164 valence electrons. The number of aromatic nitrogens is 2. The normalized spacial score (nSPS) is 14.4. The number of nitrogens with zero attached hydrogens (tertiary/aromatic N) is 3. The highest BCUT2D eigenvalue weighted by atomic mass is 19.1. The minimum atomic E-state index is -0.628. The van der Waals surface area contributed by atoms with Crippen molar-refractivity contribution in [1.82, 2.24) is 9.78 Å². The lowest BCUT2D eigenvalue weighted by Crippen LogP contribution is -2.15. The second-order valence-electron chi connectivity index (χ2n) is 7.55. The lowest BCUT2D eigenvalue weighted by Gasteiger charge is -2.20. The minimum Gasteiger partial charge on any atom is -0.467 e. The molecule has 10 heteroatoms. The van der Waals surface area contributed by atoms with Gasteiger partial charge in [-0.15, -0.1) is 0 Å². The average Bonchev–Trinajstić information content (AvgIpc) is 3.40. The molecule has 5 rings (SSSR count). The summed E-state index contributed by atoms with van der Waals surface area (Å²) < 4.78 is 31.1. The summed E-state index contributed by atoms with van der Waals surface area (Å²) in [6, 6.07) is 8.60. The van der Waals surface area contributed by atoms with E-state index in [2.05, 4.69) is 5.10 Å². The van der Waals surface area contributed by atoms with Gasteiger partial charge in [-0.25, -0.2) is 13.9 Å². The van der Waals surface area contributed by atoms with Gasteiger partial charge in [0.15, 0.2) is 12.5 Å². The Morgan fingerprint density at radius 1 is 1.25 bits per heavy atom. The van der Waals surface area contributed by atoms with E-state index in [1.165, 1.54) is 24.3 Å². The van der Waals surface area contributed by atoms with Gasteiger partial charge in [0.2, 0.25) is 0 Å². The Bertz CT molecular complexity index is 1220. The molecule has 1 aromatic heterocycles. The van der Waals surface area contributed by atoms with Crippen molar-refractivity contribution in [2.45, 2.75) is 32.5 Å². The zero-order valence-corrected chi connectivity index (χ0v) is 16.9. The van der Waals surface area contributed by atoms with Crippen LogP contribution >= 0.6 is 0 Å². The summed E-state index contributed by atoms with van der Waals surface area (Å²) in [6.45, 7) is -0.0179. The number of hydrogen-bond donors (Lipinski definition) is 0. The predicted molar refractivity (Wildman–Crippen MR) is 108 cm³/mol. The fourth-order valence-electron chi connectivity index (χ4n) is 4.10. The summed E-state index contributed by atoms with van der Waals surface area (Å²) in [4.78, 5) is 23.7. The largest absolute Gasteiger partial charge is 0.467 e. The highest BCUT2D eigenvalue weighted by Crippen LogP contribution is 2.34. The van der Waals surface area contributed by atoms with Crippen molar-refractivity contribution < 1.29 is 28.3 Å². The van der Waals surface area contributed by atoms with E-state index in [1.54, 1.807) is 16.8 Å². The summed E-state index contributed by atoms with van der Waals surface area (Å²) in [6.07, 6.45) is 2.31. The average molecular weight is 439 g/mol. The van der Waals surface area contributed by atoms with E-state index in [9.17, 15) is 19.3 Å². The molecule has 2 heterocycles. The molecular formula is C22H18FN3O6. The fourth-order valence-corrected chi connectivity index (χ4v) is 4.10. The Balaban J connectivity index is 1.42. The second kappa shape index (κ2) is 8.04. The van der Waals surface area contributed by atoms with Crippen LogP contribution in [0.5, 0.6) is 5.75 Å². The first-order chi connectivity index (χ1) is 15.5. The van der Waals surface area contributed by atoms with Crippen LogP contribution < -0.4 is 4.74 Å². The van der Waals surface area contributed by atoms with Crippen molar-refractivity contribution in [3.8, 4) is 11.4 Å². The summed E-state index contributed by atoms with van der Waals surface area (Å²) in [5, 5.41) is 15.7. The maximum atomic E-state index is 13.3. The molecule has 1 aliphatic carbocycles. The SMILES string of the molecule is O=C(OCc1cc([N+](=O)[O-])cc2c1OCOC2)c1nn(-c2ccc(F)cc2)c2c1CCC2. The van der Waals surface area contributed by atoms with E-state index < -0.39 is 10.9 Å². The summed E-state index contributed by atoms with van der Waals surface area (Å²) >= 11 is 0. The third-order valence-corrected chi connectivity index (χ3v) is 5.54. The molecule has 9 nitrogen and oxygen atoms in total. The Hall–Kier alpha value is -3.79. The molecule has 0 amide bonds. The molecule has 32 heavy (non-hydrogen) atoms. The molecule has 0 saturated carbocycles. The molecule has 0 spiro atoms. The van der Waals surface area contributed by atoms with Crippen molar-refractivity contribution in [3.63, 3.8) is 0 Å². The molecule has 0 N–H and O–H groups in total. The Kier molecular flexibility index (Phi) is 5.06. The minimum absolute atomic E-state index is 0.0152. The smallest absolute Gasteiger partial charge is 0.359 e. The van der Waals surface area contributed by atoms with Gasteiger partial charge in [0, 0.05) is 34.5 Å². The van der Waals surface area contributed by atoms with Crippen molar-refractivity contribution >= 4 is 11.7 Å².